The van der Waals surface area contributed by atoms with Gasteiger partial charge in [-0.25, -0.2) is 9.59 Å². The highest BCUT2D eigenvalue weighted by atomic mass is 16.5. The maximum absolute atomic E-state index is 12.5. The van der Waals surface area contributed by atoms with Gasteiger partial charge in [0.05, 0.1) is 31.5 Å². The van der Waals surface area contributed by atoms with Crippen LogP contribution in [0.3, 0.4) is 0 Å². The summed E-state index contributed by atoms with van der Waals surface area (Å²) in [6.45, 7) is 7.96. The Labute approximate surface area is 285 Å². The molecule has 11 nitrogen and oxygen atoms in total. The minimum Gasteiger partial charge on any atom is -0.490 e. The van der Waals surface area contributed by atoms with E-state index in [0.717, 1.165) is 27.8 Å². The van der Waals surface area contributed by atoms with Gasteiger partial charge in [0.15, 0.2) is 17.7 Å². The lowest BCUT2D eigenvalue weighted by Crippen LogP contribution is -2.45. The number of urea groups is 1. The molecule has 4 aromatic carbocycles. The second kappa shape index (κ2) is 16.3. The van der Waals surface area contributed by atoms with E-state index in [1.54, 1.807) is 31.3 Å². The number of amides is 2. The lowest BCUT2D eigenvalue weighted by atomic mass is 9.95. The molecule has 0 bridgehead atoms. The molecule has 49 heavy (non-hydrogen) atoms. The van der Waals surface area contributed by atoms with E-state index in [1.165, 1.54) is 12.5 Å². The molecule has 1 heterocycles. The first kappa shape index (κ1) is 34.5. The fraction of sp³-hybridized carbons (Fsp3) is 0.237. The summed E-state index contributed by atoms with van der Waals surface area (Å²) in [6.07, 6.45) is 2.90. The van der Waals surface area contributed by atoms with Crippen LogP contribution in [0.5, 0.6) is 17.2 Å². The van der Waals surface area contributed by atoms with Crippen LogP contribution in [0.25, 0.3) is 10.8 Å². The number of benzene rings is 4. The minimum atomic E-state index is -1.14. The van der Waals surface area contributed by atoms with Crippen molar-refractivity contribution in [1.82, 2.24) is 16.1 Å². The number of nitrogens with zero attached hydrogens (tertiary/aromatic N) is 1. The number of hydrazone groups is 1. The standard InChI is InChI=1S/C38H40N4O7/c1-5-10-27-19-25(15-17-31(27)48-22-29-13-9-12-26-11-7-8-14-30(26)29)21-39-42-34(43)23-49-32-18-16-28(20-33(32)47-6-2)36-35(37(44)46-4)24(3)40-38(45)41-36/h5,7-9,11-21,34,36,42-43H,1,6,10,22-23H2,2-4H3,(H2,40,41,45)/b39-21-/t34-,36+/m1/s1. The Morgan fingerprint density at radius 2 is 1.80 bits per heavy atom. The molecule has 5 rings (SSSR count). The Balaban J connectivity index is 1.20. The number of fused-ring (bicyclic) bond motifs is 1. The fourth-order valence-corrected chi connectivity index (χ4v) is 5.53. The number of aliphatic hydroxyl groups excluding tert-OH is 1. The van der Waals surface area contributed by atoms with Gasteiger partial charge in [-0.1, -0.05) is 54.6 Å². The molecule has 254 valence electrons. The first-order chi connectivity index (χ1) is 23.8. The van der Waals surface area contributed by atoms with E-state index >= 15 is 0 Å². The average molecular weight is 665 g/mol. The predicted octanol–water partition coefficient (Wildman–Crippen LogP) is 5.67. The van der Waals surface area contributed by atoms with Gasteiger partial charge in [-0.05, 0) is 83.6 Å². The first-order valence-electron chi connectivity index (χ1n) is 15.9. The number of nitrogens with one attached hydrogen (secondary N) is 3. The SMILES string of the molecule is C=CCc1cc(/C=N\N[C@H](O)COc2ccc([C@@H]3NC(=O)NC(C)=C3C(=O)OC)cc2OCC)ccc1OCc1cccc2ccccc12. The lowest BCUT2D eigenvalue weighted by Gasteiger charge is -2.28. The second-order valence-corrected chi connectivity index (χ2v) is 11.2. The fourth-order valence-electron chi connectivity index (χ4n) is 5.53. The van der Waals surface area contributed by atoms with Crippen molar-refractivity contribution < 1.29 is 33.6 Å². The summed E-state index contributed by atoms with van der Waals surface area (Å²) >= 11 is 0. The molecule has 1 aliphatic rings. The highest BCUT2D eigenvalue weighted by Gasteiger charge is 2.32. The van der Waals surface area contributed by atoms with Crippen molar-refractivity contribution in [1.29, 1.82) is 0 Å². The molecule has 2 amide bonds. The number of allylic oxidation sites excluding steroid dienone is 2. The molecular weight excluding hydrogens is 624 g/mol. The first-order valence-corrected chi connectivity index (χ1v) is 15.9. The van der Waals surface area contributed by atoms with E-state index in [2.05, 4.69) is 52.0 Å². The topological polar surface area (TPSA) is 140 Å². The van der Waals surface area contributed by atoms with Crippen LogP contribution in [-0.2, 0) is 22.6 Å². The number of hydrogen-bond acceptors (Lipinski definition) is 9. The lowest BCUT2D eigenvalue weighted by molar-refractivity contribution is -0.136. The van der Waals surface area contributed by atoms with Crippen LogP contribution in [-0.4, -0.2) is 49.9 Å². The molecule has 0 unspecified atom stereocenters. The molecule has 0 spiro atoms. The third kappa shape index (κ3) is 8.57. The number of methoxy groups -OCH3 is 1. The minimum absolute atomic E-state index is 0.143. The molecule has 0 saturated carbocycles. The van der Waals surface area contributed by atoms with Gasteiger partial charge in [-0.15, -0.1) is 6.58 Å². The van der Waals surface area contributed by atoms with Crippen LogP contribution in [0.2, 0.25) is 0 Å². The van der Waals surface area contributed by atoms with Gasteiger partial charge in [0.1, 0.15) is 19.0 Å². The molecule has 1 aliphatic heterocycles. The maximum atomic E-state index is 12.5. The molecule has 0 aromatic heterocycles. The molecule has 0 saturated heterocycles. The second-order valence-electron chi connectivity index (χ2n) is 11.2. The molecular formula is C38H40N4O7. The molecule has 0 aliphatic carbocycles. The van der Waals surface area contributed by atoms with Gasteiger partial charge >= 0.3 is 12.0 Å². The highest BCUT2D eigenvalue weighted by molar-refractivity contribution is 5.95. The van der Waals surface area contributed by atoms with Gasteiger partial charge in [0, 0.05) is 5.70 Å². The Bertz CT molecular complexity index is 1880. The largest absolute Gasteiger partial charge is 0.490 e. The molecule has 4 aromatic rings. The van der Waals surface area contributed by atoms with Gasteiger partial charge in [-0.2, -0.15) is 5.10 Å². The zero-order valence-electron chi connectivity index (χ0n) is 27.7. The van der Waals surface area contributed by atoms with Crippen molar-refractivity contribution in [2.24, 2.45) is 5.10 Å². The third-order valence-electron chi connectivity index (χ3n) is 7.82. The number of hydrogen-bond donors (Lipinski definition) is 4. The Morgan fingerprint density at radius 1 is 1.00 bits per heavy atom. The van der Waals surface area contributed by atoms with Crippen molar-refractivity contribution in [2.75, 3.05) is 20.3 Å². The Morgan fingerprint density at radius 3 is 2.59 bits per heavy atom. The van der Waals surface area contributed by atoms with Crippen molar-refractivity contribution in [3.63, 3.8) is 0 Å². The monoisotopic (exact) mass is 664 g/mol. The summed E-state index contributed by atoms with van der Waals surface area (Å²) in [5.41, 5.74) is 6.81. The van der Waals surface area contributed by atoms with E-state index in [9.17, 15) is 14.7 Å². The van der Waals surface area contributed by atoms with Crippen LogP contribution in [0.1, 0.15) is 42.1 Å². The third-order valence-corrected chi connectivity index (χ3v) is 7.82. The van der Waals surface area contributed by atoms with Crippen LogP contribution >= 0.6 is 0 Å². The van der Waals surface area contributed by atoms with Gasteiger partial charge < -0.3 is 34.7 Å². The van der Waals surface area contributed by atoms with E-state index in [-0.39, 0.29) is 12.2 Å². The van der Waals surface area contributed by atoms with Crippen LogP contribution in [0.15, 0.2) is 108 Å². The average Bonchev–Trinajstić information content (AvgIpc) is 3.10. The zero-order chi connectivity index (χ0) is 34.8. The summed E-state index contributed by atoms with van der Waals surface area (Å²) in [5, 5.41) is 22.4. The molecule has 2 atom stereocenters. The normalized spacial score (nSPS) is 14.9. The predicted molar refractivity (Wildman–Crippen MR) is 188 cm³/mol. The number of carbonyl (C=O) groups excluding carboxylic acids is 2. The van der Waals surface area contributed by atoms with Crippen molar-refractivity contribution in [2.45, 2.75) is 39.1 Å². The quantitative estimate of drug-likeness (QED) is 0.0419. The summed E-state index contributed by atoms with van der Waals surface area (Å²) in [5.74, 6) is 0.936. The van der Waals surface area contributed by atoms with Gasteiger partial charge in [0.25, 0.3) is 0 Å². The van der Waals surface area contributed by atoms with Crippen LogP contribution in [0, 0.1) is 0 Å². The van der Waals surface area contributed by atoms with E-state index in [0.29, 0.717) is 42.4 Å². The maximum Gasteiger partial charge on any atom is 0.337 e. The van der Waals surface area contributed by atoms with Crippen LogP contribution in [0.4, 0.5) is 4.79 Å². The molecule has 0 fully saturated rings. The summed E-state index contributed by atoms with van der Waals surface area (Å²) in [7, 11) is 1.28. The van der Waals surface area contributed by atoms with Crippen molar-refractivity contribution in [3.8, 4) is 17.2 Å². The summed E-state index contributed by atoms with van der Waals surface area (Å²) in [4.78, 5) is 24.7. The number of aliphatic hydroxyl groups is 1. The summed E-state index contributed by atoms with van der Waals surface area (Å²) < 4.78 is 22.8. The number of esters is 1. The van der Waals surface area contributed by atoms with Crippen molar-refractivity contribution in [3.05, 3.63) is 125 Å². The van der Waals surface area contributed by atoms with Crippen molar-refractivity contribution >= 4 is 29.0 Å². The Kier molecular flexibility index (Phi) is 11.5. The smallest absolute Gasteiger partial charge is 0.337 e. The number of rotatable bonds is 15. The van der Waals surface area contributed by atoms with E-state index in [4.69, 9.17) is 18.9 Å². The van der Waals surface area contributed by atoms with E-state index < -0.39 is 24.3 Å². The molecule has 4 N–H and O–H groups in total. The molecule has 11 heteroatoms. The van der Waals surface area contributed by atoms with Gasteiger partial charge in [0.2, 0.25) is 0 Å². The van der Waals surface area contributed by atoms with Crippen LogP contribution < -0.4 is 30.3 Å². The van der Waals surface area contributed by atoms with E-state index in [1.807, 2.05) is 49.4 Å². The number of carbonyl (C=O) groups is 2. The number of ether oxygens (including phenoxy) is 4. The Hall–Kier alpha value is -5.81. The molecule has 0 radical (unpaired) electrons. The summed E-state index contributed by atoms with van der Waals surface area (Å²) in [6, 6.07) is 24.0. The van der Waals surface area contributed by atoms with Gasteiger partial charge in [-0.3, -0.25) is 5.43 Å². The zero-order valence-corrected chi connectivity index (χ0v) is 27.7. The highest BCUT2D eigenvalue weighted by Crippen LogP contribution is 2.35.